The average Bonchev–Trinajstić information content (AvgIpc) is 4.23. The smallest absolute Gasteiger partial charge is 0.361 e. The molecular formula is C56H59F6N7O4. The van der Waals surface area contributed by atoms with Gasteiger partial charge in [0.05, 0.1) is 34.9 Å². The molecule has 0 bridgehead atoms. The van der Waals surface area contributed by atoms with Crippen molar-refractivity contribution in [2.24, 2.45) is 5.92 Å². The Morgan fingerprint density at radius 2 is 1.18 bits per heavy atom. The van der Waals surface area contributed by atoms with Gasteiger partial charge in [-0.3, -0.25) is 9.59 Å². The summed E-state index contributed by atoms with van der Waals surface area (Å²) in [7, 11) is 1.83. The zero-order chi connectivity index (χ0) is 51.7. The largest absolute Gasteiger partial charge is 0.430 e. The summed E-state index contributed by atoms with van der Waals surface area (Å²) < 4.78 is 101. The number of alkyl halides is 6. The molecule has 3 aliphatic heterocycles. The van der Waals surface area contributed by atoms with Crippen molar-refractivity contribution in [1.29, 1.82) is 0 Å². The first-order valence-electron chi connectivity index (χ1n) is 24.9. The van der Waals surface area contributed by atoms with Crippen molar-refractivity contribution in [1.82, 2.24) is 29.7 Å². The minimum Gasteiger partial charge on any atom is -0.361 e. The second-order valence-corrected chi connectivity index (χ2v) is 20.8. The Kier molecular flexibility index (Phi) is 12.9. The maximum Gasteiger partial charge on any atom is 0.430 e. The highest BCUT2D eigenvalue weighted by Gasteiger charge is 2.66. The number of fused-ring (bicyclic) bond motifs is 2. The van der Waals surface area contributed by atoms with Crippen LogP contribution in [0.1, 0.15) is 123 Å². The summed E-state index contributed by atoms with van der Waals surface area (Å²) in [5, 5.41) is 0. The van der Waals surface area contributed by atoms with Crippen LogP contribution in [0.15, 0.2) is 109 Å². The van der Waals surface area contributed by atoms with Crippen molar-refractivity contribution >= 4 is 34.6 Å². The SMILES string of the molecule is CO[C@@](C(=O)N1CCC[C@H]1c1nc2c([nH]1)CC([C@H]1CC[C@H](c3ccc4nc([C@@H]5CCCN5C(=O)[C@](OC)(c5ccccc5)C(F)(F)F)[nH]c4c3)N1c1ccc(C(C)(C)C)cc1)C=C2)(c1ccccc1)C(F)(F)F. The number of rotatable bonds is 11. The third-order valence-electron chi connectivity index (χ3n) is 15.7. The van der Waals surface area contributed by atoms with Crippen molar-refractivity contribution in [2.75, 3.05) is 32.2 Å². The van der Waals surface area contributed by atoms with Crippen LogP contribution >= 0.6 is 0 Å². The highest BCUT2D eigenvalue weighted by atomic mass is 19.4. The number of H-pyrrole nitrogens is 2. The van der Waals surface area contributed by atoms with Crippen molar-refractivity contribution in [3.63, 3.8) is 0 Å². The van der Waals surface area contributed by atoms with E-state index in [1.165, 1.54) is 63.9 Å². The molecule has 11 nitrogen and oxygen atoms in total. The number of amides is 2. The Morgan fingerprint density at radius 3 is 1.70 bits per heavy atom. The molecule has 3 fully saturated rings. The normalized spacial score (nSPS) is 23.2. The van der Waals surface area contributed by atoms with Crippen LogP contribution in [-0.2, 0) is 42.1 Å². The van der Waals surface area contributed by atoms with Gasteiger partial charge in [0, 0.05) is 61.8 Å². The van der Waals surface area contributed by atoms with Gasteiger partial charge >= 0.3 is 12.4 Å². The fourth-order valence-electron chi connectivity index (χ4n) is 12.0. The predicted molar refractivity (Wildman–Crippen MR) is 264 cm³/mol. The standard InChI is InChI=1S/C56H59F6N7O4/c1-52(2,3)36-22-24-39(25-23-36)69-44(34-20-26-40-42(32-34)65-48(63-40)46-18-12-30-67(46)50(70)53(72-4,55(57,58)59)37-14-8-6-9-15-37)28-29-45(69)35-21-27-41-43(33-35)66-49(64-41)47-19-13-31-68(47)51(71)54(73-5,56(60,61)62)38-16-10-7-11-17-38/h6-11,14-17,20-27,32,35,44-47H,12-13,18-19,28-31,33H2,1-5H3,(H,63,65)(H,64,66)/t35?,44-,45-,46+,47+,53-,54-/m1/s1. The van der Waals surface area contributed by atoms with Gasteiger partial charge in [-0.05, 0) is 91.8 Å². The van der Waals surface area contributed by atoms with E-state index in [-0.39, 0.29) is 47.6 Å². The molecule has 10 rings (SSSR count). The molecule has 5 heterocycles. The minimum atomic E-state index is -5.05. The summed E-state index contributed by atoms with van der Waals surface area (Å²) in [6, 6.07) is 27.2. The molecule has 73 heavy (non-hydrogen) atoms. The second kappa shape index (κ2) is 18.8. The summed E-state index contributed by atoms with van der Waals surface area (Å²) >= 11 is 0. The van der Waals surface area contributed by atoms with Crippen molar-refractivity contribution in [2.45, 2.75) is 119 Å². The average molecular weight is 1010 g/mol. The molecular weight excluding hydrogens is 949 g/mol. The quantitative estimate of drug-likeness (QED) is 0.124. The maximum absolute atomic E-state index is 15.1. The van der Waals surface area contributed by atoms with Crippen molar-refractivity contribution in [3.05, 3.63) is 154 Å². The first-order valence-corrected chi connectivity index (χ1v) is 24.9. The molecule has 7 atom stereocenters. The number of hydrogen-bond acceptors (Lipinski definition) is 7. The number of aromatic nitrogens is 4. The lowest BCUT2D eigenvalue weighted by Crippen LogP contribution is -2.56. The molecule has 384 valence electrons. The number of halogens is 6. The monoisotopic (exact) mass is 1010 g/mol. The number of carbonyl (C=O) groups is 2. The number of aromatic amines is 2. The Balaban J connectivity index is 0.931. The van der Waals surface area contributed by atoms with E-state index in [1.807, 2.05) is 18.2 Å². The van der Waals surface area contributed by atoms with E-state index in [2.05, 4.69) is 72.0 Å². The number of anilines is 1. The zero-order valence-electron chi connectivity index (χ0n) is 41.4. The lowest BCUT2D eigenvalue weighted by atomic mass is 9.86. The number of nitrogens with zero attached hydrogens (tertiary/aromatic N) is 5. The summed E-state index contributed by atoms with van der Waals surface area (Å²) in [6.07, 6.45) is -1.93. The number of ether oxygens (including phenoxy) is 2. The Bertz CT molecular complexity index is 3000. The number of carbonyl (C=O) groups excluding carboxylic acids is 2. The fraction of sp³-hybridized carbons (Fsp3) is 0.429. The van der Waals surface area contributed by atoms with E-state index in [9.17, 15) is 9.59 Å². The Hall–Kier alpha value is -6.46. The van der Waals surface area contributed by atoms with Gasteiger partial charge in [0.2, 0.25) is 0 Å². The third-order valence-corrected chi connectivity index (χ3v) is 15.7. The number of hydrogen-bond donors (Lipinski definition) is 2. The fourth-order valence-corrected chi connectivity index (χ4v) is 12.0. The molecule has 4 aromatic carbocycles. The van der Waals surface area contributed by atoms with Crippen LogP contribution in [0.3, 0.4) is 0 Å². The van der Waals surface area contributed by atoms with E-state index in [0.717, 1.165) is 44.0 Å². The minimum absolute atomic E-state index is 0.000893. The van der Waals surface area contributed by atoms with Crippen molar-refractivity contribution < 1.29 is 45.4 Å². The van der Waals surface area contributed by atoms with E-state index >= 15 is 26.3 Å². The lowest BCUT2D eigenvalue weighted by molar-refractivity contribution is -0.271. The lowest BCUT2D eigenvalue weighted by Gasteiger charge is -2.38. The van der Waals surface area contributed by atoms with Gasteiger partial charge < -0.3 is 34.1 Å². The molecule has 0 spiro atoms. The van der Waals surface area contributed by atoms with Crippen LogP contribution < -0.4 is 4.90 Å². The van der Waals surface area contributed by atoms with Crippen molar-refractivity contribution in [3.8, 4) is 0 Å². The van der Waals surface area contributed by atoms with Gasteiger partial charge in [-0.15, -0.1) is 0 Å². The van der Waals surface area contributed by atoms with Gasteiger partial charge in [-0.1, -0.05) is 106 Å². The van der Waals surface area contributed by atoms with Crippen LogP contribution in [0.4, 0.5) is 32.0 Å². The van der Waals surface area contributed by atoms with Crippen LogP contribution in [0.5, 0.6) is 0 Å². The second-order valence-electron chi connectivity index (χ2n) is 20.8. The number of benzene rings is 4. The highest BCUT2D eigenvalue weighted by molar-refractivity contribution is 5.89. The summed E-state index contributed by atoms with van der Waals surface area (Å²) in [5.74, 6) is -1.53. The highest BCUT2D eigenvalue weighted by Crippen LogP contribution is 2.50. The number of likely N-dealkylation sites (tertiary alicyclic amines) is 2. The molecule has 1 unspecified atom stereocenters. The molecule has 2 N–H and O–H groups in total. The van der Waals surface area contributed by atoms with E-state index in [4.69, 9.17) is 19.4 Å². The maximum atomic E-state index is 15.1. The first kappa shape index (κ1) is 50.1. The van der Waals surface area contributed by atoms with Gasteiger partial charge in [0.25, 0.3) is 23.0 Å². The van der Waals surface area contributed by atoms with Crippen LogP contribution in [0.2, 0.25) is 0 Å². The molecule has 1 aliphatic carbocycles. The molecule has 2 aromatic heterocycles. The summed E-state index contributed by atoms with van der Waals surface area (Å²) in [6.45, 7) is 6.73. The molecule has 6 aromatic rings. The van der Waals surface area contributed by atoms with Gasteiger partial charge in [-0.2, -0.15) is 26.3 Å². The van der Waals surface area contributed by atoms with E-state index in [1.54, 1.807) is 12.1 Å². The topological polar surface area (TPSA) is 120 Å². The predicted octanol–water partition coefficient (Wildman–Crippen LogP) is 11.7. The third kappa shape index (κ3) is 8.49. The Labute approximate surface area is 420 Å². The van der Waals surface area contributed by atoms with Crippen LogP contribution in [-0.4, -0.2) is 87.3 Å². The van der Waals surface area contributed by atoms with Crippen LogP contribution in [0.25, 0.3) is 17.1 Å². The van der Waals surface area contributed by atoms with Crippen LogP contribution in [0, 0.1) is 5.92 Å². The van der Waals surface area contributed by atoms with Gasteiger partial charge in [0.15, 0.2) is 0 Å². The number of imidazole rings is 2. The number of methoxy groups -OCH3 is 2. The van der Waals surface area contributed by atoms with Gasteiger partial charge in [0.1, 0.15) is 11.6 Å². The van der Waals surface area contributed by atoms with E-state index < -0.39 is 47.5 Å². The summed E-state index contributed by atoms with van der Waals surface area (Å²) in [4.78, 5) is 50.1. The van der Waals surface area contributed by atoms with Gasteiger partial charge in [-0.25, -0.2) is 9.97 Å². The molecule has 2 amide bonds. The molecule has 0 radical (unpaired) electrons. The van der Waals surface area contributed by atoms with E-state index in [0.29, 0.717) is 60.5 Å². The molecule has 4 aliphatic rings. The first-order chi connectivity index (χ1) is 34.8. The Morgan fingerprint density at radius 1 is 0.630 bits per heavy atom. The molecule has 3 saturated heterocycles. The summed E-state index contributed by atoms with van der Waals surface area (Å²) in [5.41, 5.74) is -0.969. The number of nitrogens with one attached hydrogen (secondary N) is 2. The molecule has 0 saturated carbocycles. The zero-order valence-corrected chi connectivity index (χ0v) is 41.4. The molecule has 17 heteroatoms.